The molecule has 3 fully saturated rings. The minimum atomic E-state index is -0.0680. The van der Waals surface area contributed by atoms with E-state index in [1.165, 1.54) is 51.6 Å². The van der Waals surface area contributed by atoms with Crippen molar-refractivity contribution in [2.24, 2.45) is 11.8 Å². The van der Waals surface area contributed by atoms with Gasteiger partial charge >= 0.3 is 5.97 Å². The number of anilines is 1. The van der Waals surface area contributed by atoms with E-state index in [0.717, 1.165) is 66.3 Å². The van der Waals surface area contributed by atoms with E-state index in [0.29, 0.717) is 5.92 Å². The van der Waals surface area contributed by atoms with E-state index in [2.05, 4.69) is 51.2 Å². The molecule has 0 unspecified atom stereocenters. The fourth-order valence-electron chi connectivity index (χ4n) is 6.03. The highest BCUT2D eigenvalue weighted by atomic mass is 32.1. The number of hydrogen-bond acceptors (Lipinski definition) is 7. The number of aromatic nitrogens is 2. The molecule has 0 amide bonds. The maximum atomic E-state index is 11.8. The molecule has 3 aliphatic rings. The molecule has 1 aromatic heterocycles. The first-order chi connectivity index (χ1) is 16.6. The molecule has 34 heavy (non-hydrogen) atoms. The van der Waals surface area contributed by atoms with Gasteiger partial charge in [-0.15, -0.1) is 10.2 Å². The van der Waals surface area contributed by atoms with Crippen molar-refractivity contribution in [3.63, 3.8) is 0 Å². The van der Waals surface area contributed by atoms with E-state index in [-0.39, 0.29) is 11.9 Å². The molecule has 1 aliphatic heterocycles. The zero-order valence-electron chi connectivity index (χ0n) is 20.6. The molecule has 2 aliphatic carbocycles. The number of rotatable bonds is 5. The van der Waals surface area contributed by atoms with Crippen molar-refractivity contribution in [2.45, 2.75) is 70.3 Å². The topological polar surface area (TPSA) is 58.6 Å². The number of carbonyl (C=O) groups is 1. The highest BCUT2D eigenvalue weighted by Gasteiger charge is 2.30. The lowest BCUT2D eigenvalue weighted by Crippen LogP contribution is -2.51. The summed E-state index contributed by atoms with van der Waals surface area (Å²) in [5.74, 6) is 1.31. The summed E-state index contributed by atoms with van der Waals surface area (Å²) in [5.41, 5.74) is 2.46. The molecular weight excluding hydrogens is 444 g/mol. The lowest BCUT2D eigenvalue weighted by atomic mass is 9.82. The van der Waals surface area contributed by atoms with Gasteiger partial charge in [0.05, 0.1) is 13.0 Å². The van der Waals surface area contributed by atoms with Crippen LogP contribution in [0.5, 0.6) is 0 Å². The zero-order valence-corrected chi connectivity index (χ0v) is 21.4. The predicted octanol–water partition coefficient (Wildman–Crippen LogP) is 5.35. The van der Waals surface area contributed by atoms with Crippen LogP contribution in [0.4, 0.5) is 5.69 Å². The highest BCUT2D eigenvalue weighted by molar-refractivity contribution is 7.14. The molecule has 2 heterocycles. The van der Waals surface area contributed by atoms with Gasteiger partial charge in [0.1, 0.15) is 10.0 Å². The Morgan fingerprint density at radius 2 is 1.59 bits per heavy atom. The van der Waals surface area contributed by atoms with Gasteiger partial charge in [-0.3, -0.25) is 9.69 Å². The molecule has 2 aromatic rings. The van der Waals surface area contributed by atoms with Gasteiger partial charge in [0.25, 0.3) is 0 Å². The molecule has 0 radical (unpaired) electrons. The molecule has 0 atom stereocenters. The molecule has 7 heteroatoms. The zero-order chi connectivity index (χ0) is 23.5. The minimum Gasteiger partial charge on any atom is -0.469 e. The average Bonchev–Trinajstić information content (AvgIpc) is 3.39. The van der Waals surface area contributed by atoms with Gasteiger partial charge in [-0.25, -0.2) is 0 Å². The molecule has 1 saturated heterocycles. The average molecular weight is 483 g/mol. The van der Waals surface area contributed by atoms with Crippen LogP contribution in [-0.4, -0.2) is 60.4 Å². The summed E-state index contributed by atoms with van der Waals surface area (Å²) in [6.07, 6.45) is 9.29. The summed E-state index contributed by atoms with van der Waals surface area (Å²) in [5, 5.41) is 11.1. The third kappa shape index (κ3) is 5.30. The minimum absolute atomic E-state index is 0.0504. The summed E-state index contributed by atoms with van der Waals surface area (Å²) >= 11 is 1.71. The van der Waals surface area contributed by atoms with Crippen molar-refractivity contribution in [2.75, 3.05) is 38.2 Å². The Morgan fingerprint density at radius 1 is 0.912 bits per heavy atom. The summed E-state index contributed by atoms with van der Waals surface area (Å²) < 4.78 is 4.91. The first-order valence-electron chi connectivity index (χ1n) is 13.1. The van der Waals surface area contributed by atoms with Crippen molar-refractivity contribution >= 4 is 23.0 Å². The number of methoxy groups -OCH3 is 1. The first kappa shape index (κ1) is 23.7. The number of benzene rings is 1. The van der Waals surface area contributed by atoms with Gasteiger partial charge in [-0.05, 0) is 81.5 Å². The lowest BCUT2D eigenvalue weighted by molar-refractivity contribution is -0.146. The summed E-state index contributed by atoms with van der Waals surface area (Å²) in [7, 11) is 1.48. The maximum Gasteiger partial charge on any atom is 0.308 e. The second-order valence-electron chi connectivity index (χ2n) is 10.5. The molecule has 0 N–H and O–H groups in total. The SMILES string of the molecule is COC(=O)[C@H]1CC[C@H](c2nnc(-c3ccc(N4CCN([C@H]5CC[C@@H](C)CC5)CC4)cc3)s2)CC1. The molecule has 5 rings (SSSR count). The van der Waals surface area contributed by atoms with E-state index in [9.17, 15) is 4.79 Å². The Hall–Kier alpha value is -1.99. The number of hydrogen-bond donors (Lipinski definition) is 0. The van der Waals surface area contributed by atoms with Crippen molar-refractivity contribution in [3.8, 4) is 10.6 Å². The lowest BCUT2D eigenvalue weighted by Gasteiger charge is -2.42. The van der Waals surface area contributed by atoms with E-state index >= 15 is 0 Å². The fourth-order valence-corrected chi connectivity index (χ4v) is 7.04. The number of carbonyl (C=O) groups excluding carboxylic acids is 1. The van der Waals surface area contributed by atoms with Crippen molar-refractivity contribution in [1.82, 2.24) is 15.1 Å². The van der Waals surface area contributed by atoms with Gasteiger partial charge in [0.2, 0.25) is 0 Å². The van der Waals surface area contributed by atoms with Gasteiger partial charge < -0.3 is 9.64 Å². The Bertz CT molecular complexity index is 938. The van der Waals surface area contributed by atoms with E-state index < -0.39 is 0 Å². The number of nitrogens with zero attached hydrogens (tertiary/aromatic N) is 4. The van der Waals surface area contributed by atoms with Gasteiger partial charge in [0, 0.05) is 49.4 Å². The standard InChI is InChI=1S/C27H38N4O2S/c1-19-3-11-23(12-4-19)30-15-17-31(18-16-30)24-13-9-21(10-14-24)26-29-28-25(34-26)20-5-7-22(8-6-20)27(32)33-2/h9-10,13-14,19-20,22-23H,3-8,11-12,15-18H2,1-2H3/t19-,20-,22-,23+. The number of piperazine rings is 1. The second-order valence-corrected chi connectivity index (χ2v) is 11.5. The van der Waals surface area contributed by atoms with E-state index in [1.54, 1.807) is 11.3 Å². The molecule has 2 saturated carbocycles. The molecule has 6 nitrogen and oxygen atoms in total. The van der Waals surface area contributed by atoms with Crippen LogP contribution in [-0.2, 0) is 9.53 Å². The van der Waals surface area contributed by atoms with Crippen LogP contribution in [0.15, 0.2) is 24.3 Å². The van der Waals surface area contributed by atoms with Crippen LogP contribution in [0, 0.1) is 11.8 Å². The smallest absolute Gasteiger partial charge is 0.308 e. The Balaban J connectivity index is 1.14. The number of ether oxygens (including phenoxy) is 1. The molecular formula is C27H38N4O2S. The van der Waals surface area contributed by atoms with Gasteiger partial charge in [0.15, 0.2) is 0 Å². The normalized spacial score (nSPS) is 28.6. The van der Waals surface area contributed by atoms with Crippen LogP contribution in [0.1, 0.15) is 69.2 Å². The molecule has 184 valence electrons. The van der Waals surface area contributed by atoms with Crippen molar-refractivity contribution in [1.29, 1.82) is 0 Å². The van der Waals surface area contributed by atoms with E-state index in [4.69, 9.17) is 4.74 Å². The summed E-state index contributed by atoms with van der Waals surface area (Å²) in [6.45, 7) is 6.99. The Labute approximate surface area is 207 Å². The van der Waals surface area contributed by atoms with Crippen molar-refractivity contribution < 1.29 is 9.53 Å². The molecule has 0 bridgehead atoms. The first-order valence-corrected chi connectivity index (χ1v) is 13.9. The van der Waals surface area contributed by atoms with Crippen LogP contribution >= 0.6 is 11.3 Å². The summed E-state index contributed by atoms with van der Waals surface area (Å²) in [6, 6.07) is 9.69. The monoisotopic (exact) mass is 482 g/mol. The quantitative estimate of drug-likeness (QED) is 0.535. The third-order valence-corrected chi connectivity index (χ3v) is 9.48. The highest BCUT2D eigenvalue weighted by Crippen LogP contribution is 2.39. The van der Waals surface area contributed by atoms with Gasteiger partial charge in [-0.2, -0.15) is 0 Å². The van der Waals surface area contributed by atoms with Crippen LogP contribution in [0.3, 0.4) is 0 Å². The molecule has 1 aromatic carbocycles. The van der Waals surface area contributed by atoms with Crippen molar-refractivity contribution in [3.05, 3.63) is 29.3 Å². The number of esters is 1. The molecule has 0 spiro atoms. The van der Waals surface area contributed by atoms with E-state index in [1.807, 2.05) is 0 Å². The predicted molar refractivity (Wildman–Crippen MR) is 137 cm³/mol. The van der Waals surface area contributed by atoms with Gasteiger partial charge in [-0.1, -0.05) is 18.3 Å². The summed E-state index contributed by atoms with van der Waals surface area (Å²) in [4.78, 5) is 17.0. The van der Waals surface area contributed by atoms with Crippen LogP contribution in [0.25, 0.3) is 10.6 Å². The fraction of sp³-hybridized carbons (Fsp3) is 0.667. The Morgan fingerprint density at radius 3 is 2.24 bits per heavy atom. The maximum absolute atomic E-state index is 11.8. The van der Waals surface area contributed by atoms with Crippen LogP contribution < -0.4 is 4.90 Å². The third-order valence-electron chi connectivity index (χ3n) is 8.35. The Kier molecular flexibility index (Phi) is 7.49. The second kappa shape index (κ2) is 10.7. The largest absolute Gasteiger partial charge is 0.469 e. The van der Waals surface area contributed by atoms with Crippen LogP contribution in [0.2, 0.25) is 0 Å².